The van der Waals surface area contributed by atoms with Crippen LogP contribution in [0, 0.1) is 23.6 Å². The highest BCUT2D eigenvalue weighted by molar-refractivity contribution is 6.31. The maximum absolute atomic E-state index is 13.6. The summed E-state index contributed by atoms with van der Waals surface area (Å²) in [5.74, 6) is 1.68. The molecule has 1 unspecified atom stereocenters. The van der Waals surface area contributed by atoms with Crippen molar-refractivity contribution in [3.63, 3.8) is 0 Å². The summed E-state index contributed by atoms with van der Waals surface area (Å²) < 4.78 is 13.6. The molecular formula is C18H27ClFN. The van der Waals surface area contributed by atoms with E-state index in [1.165, 1.54) is 31.7 Å². The number of hydrogen-bond donors (Lipinski definition) is 1. The second-order valence-corrected chi connectivity index (χ2v) is 7.15. The molecule has 1 N–H and O–H groups in total. The lowest BCUT2D eigenvalue weighted by molar-refractivity contribution is 0.315. The summed E-state index contributed by atoms with van der Waals surface area (Å²) in [7, 11) is 0. The van der Waals surface area contributed by atoms with Crippen molar-refractivity contribution in [1.29, 1.82) is 0 Å². The number of rotatable bonds is 7. The van der Waals surface area contributed by atoms with Crippen LogP contribution in [0.1, 0.15) is 45.1 Å². The molecule has 0 bridgehead atoms. The molecule has 3 heteroatoms. The van der Waals surface area contributed by atoms with E-state index in [0.29, 0.717) is 16.9 Å². The zero-order chi connectivity index (χ0) is 15.2. The first-order valence-corrected chi connectivity index (χ1v) is 8.59. The second-order valence-electron chi connectivity index (χ2n) is 6.77. The average molecular weight is 312 g/mol. The molecule has 1 aromatic rings. The lowest BCUT2D eigenvalue weighted by Gasteiger charge is -2.25. The summed E-state index contributed by atoms with van der Waals surface area (Å²) in [5, 5.41) is 3.89. The van der Waals surface area contributed by atoms with Crippen LogP contribution in [0.3, 0.4) is 0 Å². The first-order valence-electron chi connectivity index (χ1n) is 8.21. The Balaban J connectivity index is 2.02. The number of nitrogens with one attached hydrogen (secondary N) is 1. The molecule has 0 spiro atoms. The van der Waals surface area contributed by atoms with Gasteiger partial charge in [-0.1, -0.05) is 63.3 Å². The van der Waals surface area contributed by atoms with Gasteiger partial charge in [0.25, 0.3) is 0 Å². The van der Waals surface area contributed by atoms with Crippen LogP contribution in [0.25, 0.3) is 0 Å². The first kappa shape index (κ1) is 16.8. The minimum atomic E-state index is -0.297. The number of hydrogen-bond acceptors (Lipinski definition) is 1. The number of halogens is 2. The van der Waals surface area contributed by atoms with Crippen molar-refractivity contribution in [2.45, 2.75) is 46.0 Å². The van der Waals surface area contributed by atoms with Gasteiger partial charge in [-0.15, -0.1) is 0 Å². The number of benzene rings is 1. The predicted octanol–water partition coefficient (Wildman–Crippen LogP) is 5.07. The van der Waals surface area contributed by atoms with Crippen LogP contribution >= 0.6 is 11.6 Å². The van der Waals surface area contributed by atoms with E-state index in [0.717, 1.165) is 31.0 Å². The Kier molecular flexibility index (Phi) is 6.50. The van der Waals surface area contributed by atoms with Gasteiger partial charge in [-0.25, -0.2) is 4.39 Å². The molecule has 21 heavy (non-hydrogen) atoms. The van der Waals surface area contributed by atoms with E-state index in [4.69, 9.17) is 11.6 Å². The van der Waals surface area contributed by atoms with E-state index >= 15 is 0 Å². The zero-order valence-electron chi connectivity index (χ0n) is 13.2. The van der Waals surface area contributed by atoms with Gasteiger partial charge in [0.2, 0.25) is 0 Å². The maximum atomic E-state index is 13.6. The van der Waals surface area contributed by atoms with Gasteiger partial charge in [-0.3, -0.25) is 0 Å². The third-order valence-electron chi connectivity index (χ3n) is 4.54. The fourth-order valence-corrected chi connectivity index (χ4v) is 3.58. The van der Waals surface area contributed by atoms with E-state index < -0.39 is 0 Å². The molecule has 1 nitrogen and oxygen atoms in total. The van der Waals surface area contributed by atoms with Gasteiger partial charge in [-0.2, -0.15) is 0 Å². The minimum absolute atomic E-state index is 0.297. The Labute approximate surface area is 133 Å². The van der Waals surface area contributed by atoms with Gasteiger partial charge in [0.15, 0.2) is 0 Å². The topological polar surface area (TPSA) is 12.0 Å². The SMILES string of the molecule is CC(C)CNCC(Cc1cccc(F)c1Cl)C1CCCC1. The van der Waals surface area contributed by atoms with Crippen molar-refractivity contribution in [2.24, 2.45) is 17.8 Å². The largest absolute Gasteiger partial charge is 0.316 e. The highest BCUT2D eigenvalue weighted by Crippen LogP contribution is 2.34. The Hall–Kier alpha value is -0.600. The summed E-state index contributed by atoms with van der Waals surface area (Å²) in [5.41, 5.74) is 0.958. The van der Waals surface area contributed by atoms with E-state index in [1.54, 1.807) is 6.07 Å². The average Bonchev–Trinajstić information content (AvgIpc) is 2.96. The molecule has 1 aliphatic carbocycles. The molecule has 118 valence electrons. The molecule has 1 aliphatic rings. The third kappa shape index (κ3) is 4.96. The van der Waals surface area contributed by atoms with Crippen LogP contribution < -0.4 is 5.32 Å². The van der Waals surface area contributed by atoms with Crippen LogP contribution in [-0.4, -0.2) is 13.1 Å². The lowest BCUT2D eigenvalue weighted by atomic mass is 9.85. The fourth-order valence-electron chi connectivity index (χ4n) is 3.38. The maximum Gasteiger partial charge on any atom is 0.142 e. The van der Waals surface area contributed by atoms with E-state index in [2.05, 4.69) is 19.2 Å². The smallest absolute Gasteiger partial charge is 0.142 e. The van der Waals surface area contributed by atoms with Crippen molar-refractivity contribution >= 4 is 11.6 Å². The molecule has 0 aliphatic heterocycles. The molecule has 0 amide bonds. The Morgan fingerprint density at radius 3 is 2.62 bits per heavy atom. The summed E-state index contributed by atoms with van der Waals surface area (Å²) in [6, 6.07) is 5.17. The molecule has 1 aromatic carbocycles. The predicted molar refractivity (Wildman–Crippen MR) is 88.3 cm³/mol. The molecular weight excluding hydrogens is 285 g/mol. The van der Waals surface area contributed by atoms with Gasteiger partial charge in [0, 0.05) is 0 Å². The van der Waals surface area contributed by atoms with Crippen LogP contribution in [0.15, 0.2) is 18.2 Å². The monoisotopic (exact) mass is 311 g/mol. The van der Waals surface area contributed by atoms with E-state index in [1.807, 2.05) is 6.07 Å². The van der Waals surface area contributed by atoms with Crippen LogP contribution in [0.2, 0.25) is 5.02 Å². The third-order valence-corrected chi connectivity index (χ3v) is 4.96. The summed E-state index contributed by atoms with van der Waals surface area (Å²) in [6.07, 6.45) is 6.17. The van der Waals surface area contributed by atoms with Crippen LogP contribution in [0.5, 0.6) is 0 Å². The Bertz CT molecular complexity index is 441. The van der Waals surface area contributed by atoms with Crippen molar-refractivity contribution in [3.05, 3.63) is 34.6 Å². The molecule has 0 aromatic heterocycles. The van der Waals surface area contributed by atoms with Gasteiger partial charge < -0.3 is 5.32 Å². The molecule has 0 radical (unpaired) electrons. The van der Waals surface area contributed by atoms with Crippen molar-refractivity contribution < 1.29 is 4.39 Å². The normalized spacial score (nSPS) is 17.6. The highest BCUT2D eigenvalue weighted by Gasteiger charge is 2.25. The van der Waals surface area contributed by atoms with E-state index in [-0.39, 0.29) is 5.82 Å². The quantitative estimate of drug-likeness (QED) is 0.741. The fraction of sp³-hybridized carbons (Fsp3) is 0.667. The highest BCUT2D eigenvalue weighted by atomic mass is 35.5. The lowest BCUT2D eigenvalue weighted by Crippen LogP contribution is -2.31. The molecule has 1 atom stereocenters. The summed E-state index contributed by atoms with van der Waals surface area (Å²) >= 11 is 6.13. The second kappa shape index (κ2) is 8.14. The minimum Gasteiger partial charge on any atom is -0.316 e. The first-order chi connectivity index (χ1) is 10.1. The standard InChI is InChI=1S/C18H27ClFN/c1-13(2)11-21-12-16(14-6-3-4-7-14)10-15-8-5-9-17(20)18(15)19/h5,8-9,13-14,16,21H,3-4,6-7,10-12H2,1-2H3. The molecule has 0 heterocycles. The summed E-state index contributed by atoms with van der Waals surface area (Å²) in [4.78, 5) is 0. The van der Waals surface area contributed by atoms with Crippen molar-refractivity contribution in [3.8, 4) is 0 Å². The van der Waals surface area contributed by atoms with Gasteiger partial charge in [0.05, 0.1) is 5.02 Å². The van der Waals surface area contributed by atoms with Crippen molar-refractivity contribution in [1.82, 2.24) is 5.32 Å². The van der Waals surface area contributed by atoms with Crippen LogP contribution in [0.4, 0.5) is 4.39 Å². The Morgan fingerprint density at radius 2 is 1.95 bits per heavy atom. The molecule has 2 rings (SSSR count). The van der Waals surface area contributed by atoms with Gasteiger partial charge in [0.1, 0.15) is 5.82 Å². The van der Waals surface area contributed by atoms with Crippen molar-refractivity contribution in [2.75, 3.05) is 13.1 Å². The molecule has 1 saturated carbocycles. The van der Waals surface area contributed by atoms with E-state index in [9.17, 15) is 4.39 Å². The molecule has 0 saturated heterocycles. The van der Waals surface area contributed by atoms with Gasteiger partial charge in [-0.05, 0) is 48.9 Å². The van der Waals surface area contributed by atoms with Crippen LogP contribution in [-0.2, 0) is 6.42 Å². The zero-order valence-corrected chi connectivity index (χ0v) is 13.9. The van der Waals surface area contributed by atoms with Gasteiger partial charge >= 0.3 is 0 Å². The Morgan fingerprint density at radius 1 is 1.24 bits per heavy atom. The molecule has 1 fully saturated rings. The summed E-state index contributed by atoms with van der Waals surface area (Å²) in [6.45, 7) is 6.50.